The molecule has 1 saturated heterocycles. The normalized spacial score (nSPS) is 14.4. The molecule has 0 atom stereocenters. The van der Waals surface area contributed by atoms with E-state index >= 15 is 0 Å². The van der Waals surface area contributed by atoms with Crippen LogP contribution in [-0.2, 0) is 6.42 Å². The minimum atomic E-state index is -0.277. The fourth-order valence-corrected chi connectivity index (χ4v) is 4.11. The van der Waals surface area contributed by atoms with E-state index in [4.69, 9.17) is 9.72 Å². The number of piperidine rings is 1. The Hall–Kier alpha value is -3.58. The van der Waals surface area contributed by atoms with E-state index in [0.29, 0.717) is 17.4 Å². The van der Waals surface area contributed by atoms with Gasteiger partial charge in [0.1, 0.15) is 17.4 Å². The number of aromatic nitrogens is 4. The summed E-state index contributed by atoms with van der Waals surface area (Å²) in [7, 11) is 0. The lowest BCUT2D eigenvalue weighted by Crippen LogP contribution is -2.27. The molecule has 6 nitrogen and oxygen atoms in total. The number of aromatic amines is 1. The van der Waals surface area contributed by atoms with Gasteiger partial charge in [0, 0.05) is 17.7 Å². The zero-order chi connectivity index (χ0) is 22.6. The maximum Gasteiger partial charge on any atom is 0.322 e. The van der Waals surface area contributed by atoms with E-state index in [1.54, 1.807) is 18.3 Å². The third-order valence-electron chi connectivity index (χ3n) is 6.00. The van der Waals surface area contributed by atoms with Gasteiger partial charge in [-0.3, -0.25) is 0 Å². The molecule has 4 aromatic rings. The maximum atomic E-state index is 13.6. The summed E-state index contributed by atoms with van der Waals surface area (Å²) >= 11 is 0. The molecule has 2 aromatic heterocycles. The second-order valence-corrected chi connectivity index (χ2v) is 8.20. The number of nitrogens with zero attached hydrogens (tertiary/aromatic N) is 3. The predicted molar refractivity (Wildman–Crippen MR) is 126 cm³/mol. The van der Waals surface area contributed by atoms with Crippen molar-refractivity contribution in [3.63, 3.8) is 0 Å². The van der Waals surface area contributed by atoms with Crippen LogP contribution in [0.2, 0.25) is 0 Å². The molecule has 7 heteroatoms. The van der Waals surface area contributed by atoms with E-state index in [0.717, 1.165) is 55.1 Å². The van der Waals surface area contributed by atoms with Crippen LogP contribution in [0.4, 0.5) is 4.39 Å². The summed E-state index contributed by atoms with van der Waals surface area (Å²) in [6.45, 7) is 4.05. The van der Waals surface area contributed by atoms with Crippen molar-refractivity contribution in [1.82, 2.24) is 25.3 Å². The van der Waals surface area contributed by atoms with Crippen LogP contribution in [0, 0.1) is 5.82 Å². The monoisotopic (exact) mass is 443 g/mol. The number of rotatable bonds is 6. The van der Waals surface area contributed by atoms with Gasteiger partial charge >= 0.3 is 6.01 Å². The highest BCUT2D eigenvalue weighted by atomic mass is 19.1. The van der Waals surface area contributed by atoms with Crippen LogP contribution in [0.5, 0.6) is 11.8 Å². The number of benzene rings is 2. The lowest BCUT2D eigenvalue weighted by Gasteiger charge is -2.20. The molecule has 0 aliphatic carbocycles. The maximum absolute atomic E-state index is 13.6. The van der Waals surface area contributed by atoms with Gasteiger partial charge in [0.15, 0.2) is 0 Å². The van der Waals surface area contributed by atoms with Gasteiger partial charge in [0.05, 0.1) is 17.1 Å². The molecule has 33 heavy (non-hydrogen) atoms. The molecule has 3 heterocycles. The van der Waals surface area contributed by atoms with Gasteiger partial charge in [-0.15, -0.1) is 0 Å². The molecule has 2 N–H and O–H groups in total. The Morgan fingerprint density at radius 3 is 2.45 bits per heavy atom. The number of nitrogens with one attached hydrogen (secondary N) is 2. The van der Waals surface area contributed by atoms with Gasteiger partial charge in [-0.1, -0.05) is 19.1 Å². The average molecular weight is 444 g/mol. The van der Waals surface area contributed by atoms with E-state index in [9.17, 15) is 4.39 Å². The minimum Gasteiger partial charge on any atom is -0.424 e. The van der Waals surface area contributed by atoms with Gasteiger partial charge in [0.2, 0.25) is 0 Å². The Morgan fingerprint density at radius 1 is 0.970 bits per heavy atom. The van der Waals surface area contributed by atoms with Crippen LogP contribution in [0.3, 0.4) is 0 Å². The zero-order valence-electron chi connectivity index (χ0n) is 18.5. The Labute approximate surface area is 192 Å². The number of H-pyrrole nitrogens is 1. The summed E-state index contributed by atoms with van der Waals surface area (Å²) in [5.74, 6) is 1.68. The van der Waals surface area contributed by atoms with Gasteiger partial charge in [-0.25, -0.2) is 14.4 Å². The van der Waals surface area contributed by atoms with Crippen LogP contribution >= 0.6 is 0 Å². The van der Waals surface area contributed by atoms with Crippen LogP contribution in [0.1, 0.15) is 37.1 Å². The molecule has 0 bridgehead atoms. The second-order valence-electron chi connectivity index (χ2n) is 8.20. The molecule has 0 amide bonds. The van der Waals surface area contributed by atoms with Gasteiger partial charge < -0.3 is 15.0 Å². The fourth-order valence-electron chi connectivity index (χ4n) is 4.11. The highest BCUT2D eigenvalue weighted by Crippen LogP contribution is 2.34. The quantitative estimate of drug-likeness (QED) is 0.412. The summed E-state index contributed by atoms with van der Waals surface area (Å²) in [6.07, 6.45) is 4.68. The lowest BCUT2D eigenvalue weighted by atomic mass is 9.98. The van der Waals surface area contributed by atoms with Gasteiger partial charge in [-0.2, -0.15) is 4.98 Å². The predicted octanol–water partition coefficient (Wildman–Crippen LogP) is 5.49. The van der Waals surface area contributed by atoms with Crippen LogP contribution < -0.4 is 10.1 Å². The fraction of sp³-hybridized carbons (Fsp3) is 0.269. The molecule has 0 saturated carbocycles. The second kappa shape index (κ2) is 9.50. The summed E-state index contributed by atoms with van der Waals surface area (Å²) in [5.41, 5.74) is 4.28. The van der Waals surface area contributed by atoms with Crippen molar-refractivity contribution in [1.29, 1.82) is 0 Å². The molecule has 168 valence electrons. The third kappa shape index (κ3) is 4.78. The van der Waals surface area contributed by atoms with Crippen molar-refractivity contribution in [2.24, 2.45) is 0 Å². The van der Waals surface area contributed by atoms with E-state index in [1.165, 1.54) is 17.7 Å². The molecule has 1 aliphatic heterocycles. The van der Waals surface area contributed by atoms with Gasteiger partial charge in [-0.05, 0) is 80.4 Å². The van der Waals surface area contributed by atoms with E-state index in [-0.39, 0.29) is 11.8 Å². The Bertz CT molecular complexity index is 1210. The van der Waals surface area contributed by atoms with E-state index in [2.05, 4.69) is 27.2 Å². The molecule has 0 radical (unpaired) electrons. The highest BCUT2D eigenvalue weighted by Gasteiger charge is 2.23. The summed E-state index contributed by atoms with van der Waals surface area (Å²) < 4.78 is 19.5. The first-order valence-corrected chi connectivity index (χ1v) is 11.4. The minimum absolute atomic E-state index is 0.264. The molecule has 5 rings (SSSR count). The van der Waals surface area contributed by atoms with Gasteiger partial charge in [0.25, 0.3) is 0 Å². The first-order valence-electron chi connectivity index (χ1n) is 11.4. The van der Waals surface area contributed by atoms with Crippen LogP contribution in [0.25, 0.3) is 22.6 Å². The van der Waals surface area contributed by atoms with Crippen LogP contribution in [0.15, 0.2) is 60.8 Å². The van der Waals surface area contributed by atoms with Crippen molar-refractivity contribution < 1.29 is 9.13 Å². The number of hydrogen-bond donors (Lipinski definition) is 2. The lowest BCUT2D eigenvalue weighted by molar-refractivity contribution is 0.442. The first-order chi connectivity index (χ1) is 16.2. The smallest absolute Gasteiger partial charge is 0.322 e. The number of hydrogen-bond acceptors (Lipinski definition) is 5. The number of aryl methyl sites for hydroxylation is 1. The average Bonchev–Trinajstić information content (AvgIpc) is 3.31. The van der Waals surface area contributed by atoms with Crippen molar-refractivity contribution in [3.05, 3.63) is 78.0 Å². The zero-order valence-corrected chi connectivity index (χ0v) is 18.5. The SMILES string of the molecule is CCc1ccc(Oc2nccc(-c3[nH]c(C4CCNCC4)nc3-c3ccc(F)cc3)n2)cc1. The summed E-state index contributed by atoms with van der Waals surface area (Å²) in [6, 6.07) is 16.4. The standard InChI is InChI=1S/C26H26FN5O/c1-2-17-3-9-21(10-4-17)33-26-29-16-13-22(30-26)24-23(18-5-7-20(27)8-6-18)31-25(32-24)19-11-14-28-15-12-19/h3-10,13,16,19,28H,2,11-12,14-15H2,1H3,(H,31,32). The largest absolute Gasteiger partial charge is 0.424 e. The number of ether oxygens (including phenoxy) is 1. The number of halogens is 1. The molecule has 0 unspecified atom stereocenters. The first kappa shape index (κ1) is 21.3. The molecule has 2 aromatic carbocycles. The van der Waals surface area contributed by atoms with E-state index in [1.807, 2.05) is 30.3 Å². The highest BCUT2D eigenvalue weighted by molar-refractivity contribution is 5.76. The van der Waals surface area contributed by atoms with Crippen molar-refractivity contribution >= 4 is 0 Å². The Morgan fingerprint density at radius 2 is 1.73 bits per heavy atom. The topological polar surface area (TPSA) is 75.7 Å². The number of imidazole rings is 1. The van der Waals surface area contributed by atoms with Crippen LogP contribution in [-0.4, -0.2) is 33.0 Å². The molecule has 1 aliphatic rings. The van der Waals surface area contributed by atoms with Crippen molar-refractivity contribution in [2.75, 3.05) is 13.1 Å². The molecular weight excluding hydrogens is 417 g/mol. The van der Waals surface area contributed by atoms with E-state index < -0.39 is 0 Å². The molecular formula is C26H26FN5O. The third-order valence-corrected chi connectivity index (χ3v) is 6.00. The summed E-state index contributed by atoms with van der Waals surface area (Å²) in [5, 5.41) is 3.39. The summed E-state index contributed by atoms with van der Waals surface area (Å²) in [4.78, 5) is 17.4. The van der Waals surface area contributed by atoms with Crippen molar-refractivity contribution in [2.45, 2.75) is 32.1 Å². The Kier molecular flexibility index (Phi) is 6.13. The molecule has 1 fully saturated rings. The molecule has 0 spiro atoms. The van der Waals surface area contributed by atoms with Crippen molar-refractivity contribution in [3.8, 4) is 34.4 Å². The Balaban J connectivity index is 1.51.